The molecule has 0 saturated carbocycles. The lowest BCUT2D eigenvalue weighted by molar-refractivity contribution is -0.0463. The molecule has 5 heteroatoms. The van der Waals surface area contributed by atoms with Gasteiger partial charge in [-0.2, -0.15) is 0 Å². The Balaban J connectivity index is 0. The van der Waals surface area contributed by atoms with E-state index >= 15 is 0 Å². The van der Waals surface area contributed by atoms with Crippen molar-refractivity contribution >= 4 is 0 Å². The van der Waals surface area contributed by atoms with Crippen LogP contribution in [0.1, 0.15) is 39.5 Å². The Morgan fingerprint density at radius 1 is 0.938 bits per heavy atom. The van der Waals surface area contributed by atoms with Gasteiger partial charge in [0.15, 0.2) is 6.29 Å². The number of rotatable bonds is 7. The summed E-state index contributed by atoms with van der Waals surface area (Å²) < 4.78 is 0. The maximum atomic E-state index is 8.66. The minimum Gasteiger partial charge on any atom is -0.396 e. The molecule has 0 aromatic heterocycles. The minimum absolute atomic E-state index is 0.156. The molecular weight excluding hydrogens is 212 g/mol. The van der Waals surface area contributed by atoms with Gasteiger partial charge in [0.2, 0.25) is 0 Å². The SMILES string of the molecule is CCC(CO)(CO)CO.CCCCC(O)O. The molecule has 0 aliphatic carbocycles. The zero-order chi connectivity index (χ0) is 13.0. The van der Waals surface area contributed by atoms with E-state index in [0.29, 0.717) is 12.8 Å². The normalized spacial score (nSPS) is 11.2. The predicted octanol–water partition coefficient (Wildman–Crippen LogP) is -0.153. The number of unbranched alkanes of at least 4 members (excludes halogenated alkanes) is 1. The Morgan fingerprint density at radius 3 is 1.44 bits per heavy atom. The highest BCUT2D eigenvalue weighted by molar-refractivity contribution is 4.74. The molecule has 0 radical (unpaired) electrons. The molecule has 0 atom stereocenters. The van der Waals surface area contributed by atoms with E-state index < -0.39 is 11.7 Å². The van der Waals surface area contributed by atoms with Crippen molar-refractivity contribution in [3.8, 4) is 0 Å². The lowest BCUT2D eigenvalue weighted by atomic mass is 9.88. The summed E-state index contributed by atoms with van der Waals surface area (Å²) in [7, 11) is 0. The predicted molar refractivity (Wildman–Crippen MR) is 61.7 cm³/mol. The zero-order valence-corrected chi connectivity index (χ0v) is 10.3. The first-order chi connectivity index (χ1) is 7.51. The van der Waals surface area contributed by atoms with Gasteiger partial charge in [-0.3, -0.25) is 0 Å². The smallest absolute Gasteiger partial charge is 0.151 e. The van der Waals surface area contributed by atoms with E-state index in [2.05, 4.69) is 0 Å². The molecule has 16 heavy (non-hydrogen) atoms. The van der Waals surface area contributed by atoms with Crippen molar-refractivity contribution in [1.82, 2.24) is 0 Å². The van der Waals surface area contributed by atoms with Crippen LogP contribution in [0.2, 0.25) is 0 Å². The third kappa shape index (κ3) is 9.06. The van der Waals surface area contributed by atoms with Crippen molar-refractivity contribution < 1.29 is 25.5 Å². The second kappa shape index (κ2) is 11.3. The molecule has 100 valence electrons. The van der Waals surface area contributed by atoms with E-state index in [1.165, 1.54) is 0 Å². The van der Waals surface area contributed by atoms with Crippen molar-refractivity contribution in [2.24, 2.45) is 5.41 Å². The molecule has 0 aliphatic rings. The van der Waals surface area contributed by atoms with E-state index in [1.54, 1.807) is 0 Å². The van der Waals surface area contributed by atoms with Crippen LogP contribution in [0.5, 0.6) is 0 Å². The van der Waals surface area contributed by atoms with E-state index in [4.69, 9.17) is 25.5 Å². The summed E-state index contributed by atoms with van der Waals surface area (Å²) in [5.41, 5.74) is -0.667. The Bertz CT molecular complexity index is 117. The molecular formula is C11H26O5. The van der Waals surface area contributed by atoms with Gasteiger partial charge in [0.05, 0.1) is 19.8 Å². The number of hydrogen-bond acceptors (Lipinski definition) is 5. The van der Waals surface area contributed by atoms with Crippen molar-refractivity contribution in [2.75, 3.05) is 19.8 Å². The molecule has 0 aromatic carbocycles. The van der Waals surface area contributed by atoms with E-state index in [-0.39, 0.29) is 19.8 Å². The molecule has 0 unspecified atom stereocenters. The van der Waals surface area contributed by atoms with Gasteiger partial charge in [0.25, 0.3) is 0 Å². The molecule has 5 N–H and O–H groups in total. The summed E-state index contributed by atoms with van der Waals surface area (Å²) in [6, 6.07) is 0. The van der Waals surface area contributed by atoms with Gasteiger partial charge in [-0.1, -0.05) is 20.3 Å². The topological polar surface area (TPSA) is 101 Å². The van der Waals surface area contributed by atoms with Gasteiger partial charge in [0, 0.05) is 5.41 Å². The molecule has 0 fully saturated rings. The lowest BCUT2D eigenvalue weighted by Gasteiger charge is -2.24. The van der Waals surface area contributed by atoms with Crippen LogP contribution in [-0.2, 0) is 0 Å². The van der Waals surface area contributed by atoms with Gasteiger partial charge in [-0.15, -0.1) is 0 Å². The molecule has 0 amide bonds. The molecule has 0 saturated heterocycles. The van der Waals surface area contributed by atoms with Crippen LogP contribution in [-0.4, -0.2) is 51.6 Å². The first kappa shape index (κ1) is 18.2. The van der Waals surface area contributed by atoms with Crippen molar-refractivity contribution in [3.63, 3.8) is 0 Å². The fourth-order valence-electron chi connectivity index (χ4n) is 0.872. The summed E-state index contributed by atoms with van der Waals surface area (Å²) >= 11 is 0. The van der Waals surface area contributed by atoms with Gasteiger partial charge < -0.3 is 25.5 Å². The molecule has 0 bridgehead atoms. The highest BCUT2D eigenvalue weighted by atomic mass is 16.5. The van der Waals surface area contributed by atoms with E-state index in [9.17, 15) is 0 Å². The Kier molecular flexibility index (Phi) is 12.8. The highest BCUT2D eigenvalue weighted by Gasteiger charge is 2.24. The first-order valence-electron chi connectivity index (χ1n) is 5.70. The van der Waals surface area contributed by atoms with Crippen LogP contribution in [0.15, 0.2) is 0 Å². The summed E-state index contributed by atoms with van der Waals surface area (Å²) in [5, 5.41) is 42.4. The van der Waals surface area contributed by atoms with Gasteiger partial charge >= 0.3 is 0 Å². The second-order valence-corrected chi connectivity index (χ2v) is 3.95. The summed E-state index contributed by atoms with van der Waals surface area (Å²) in [6.45, 7) is 3.37. The summed E-state index contributed by atoms with van der Waals surface area (Å²) in [6.07, 6.45) is 1.93. The quantitative estimate of drug-likeness (QED) is 0.397. The van der Waals surface area contributed by atoms with Crippen molar-refractivity contribution in [3.05, 3.63) is 0 Å². The molecule has 0 aliphatic heterocycles. The third-order valence-corrected chi connectivity index (χ3v) is 2.57. The highest BCUT2D eigenvalue weighted by Crippen LogP contribution is 2.18. The van der Waals surface area contributed by atoms with E-state index in [1.807, 2.05) is 13.8 Å². The largest absolute Gasteiger partial charge is 0.396 e. The average molecular weight is 238 g/mol. The Hall–Kier alpha value is -0.200. The molecule has 0 aromatic rings. The average Bonchev–Trinajstić information content (AvgIpc) is 2.31. The summed E-state index contributed by atoms with van der Waals surface area (Å²) in [5.74, 6) is 0. The molecule has 0 heterocycles. The van der Waals surface area contributed by atoms with Crippen LogP contribution in [0.4, 0.5) is 0 Å². The zero-order valence-electron chi connectivity index (χ0n) is 10.3. The molecule has 0 spiro atoms. The molecule has 0 rings (SSSR count). The monoisotopic (exact) mass is 238 g/mol. The van der Waals surface area contributed by atoms with E-state index in [0.717, 1.165) is 12.8 Å². The van der Waals surface area contributed by atoms with Crippen molar-refractivity contribution in [2.45, 2.75) is 45.8 Å². The van der Waals surface area contributed by atoms with Crippen LogP contribution in [0, 0.1) is 5.41 Å². The fraction of sp³-hybridized carbons (Fsp3) is 1.00. The Morgan fingerprint density at radius 2 is 1.38 bits per heavy atom. The standard InChI is InChI=1S/C6H14O3.C5H12O2/c1-2-6(3-7,4-8)5-9;1-2-3-4-5(6)7/h7-9H,2-5H2,1H3;5-7H,2-4H2,1H3. The van der Waals surface area contributed by atoms with Crippen molar-refractivity contribution in [1.29, 1.82) is 0 Å². The van der Waals surface area contributed by atoms with Crippen LogP contribution < -0.4 is 0 Å². The maximum Gasteiger partial charge on any atom is 0.151 e. The maximum absolute atomic E-state index is 8.66. The first-order valence-corrected chi connectivity index (χ1v) is 5.70. The van der Waals surface area contributed by atoms with Crippen LogP contribution >= 0.6 is 0 Å². The fourth-order valence-corrected chi connectivity index (χ4v) is 0.872. The lowest BCUT2D eigenvalue weighted by Crippen LogP contribution is -2.32. The summed E-state index contributed by atoms with van der Waals surface area (Å²) in [4.78, 5) is 0. The van der Waals surface area contributed by atoms with Crippen LogP contribution in [0.25, 0.3) is 0 Å². The number of aliphatic hydroxyl groups excluding tert-OH is 4. The third-order valence-electron chi connectivity index (χ3n) is 2.57. The van der Waals surface area contributed by atoms with Gasteiger partial charge in [-0.25, -0.2) is 0 Å². The van der Waals surface area contributed by atoms with Gasteiger partial charge in [0.1, 0.15) is 0 Å². The number of aliphatic hydroxyl groups is 5. The second-order valence-electron chi connectivity index (χ2n) is 3.95. The van der Waals surface area contributed by atoms with Gasteiger partial charge in [-0.05, 0) is 19.3 Å². The number of hydrogen-bond donors (Lipinski definition) is 5. The Labute approximate surface area is 97.4 Å². The molecule has 5 nitrogen and oxygen atoms in total. The van der Waals surface area contributed by atoms with Crippen LogP contribution in [0.3, 0.4) is 0 Å². The minimum atomic E-state index is -1.10.